The van der Waals surface area contributed by atoms with Gasteiger partial charge >= 0.3 is 0 Å². The number of ether oxygens (including phenoxy) is 1. The molecular formula is C22H22N2O6. The Bertz CT molecular complexity index is 995. The van der Waals surface area contributed by atoms with E-state index in [0.717, 1.165) is 5.56 Å². The molecule has 3 rings (SSSR count). The molecular weight excluding hydrogens is 388 g/mol. The Morgan fingerprint density at radius 1 is 1.13 bits per heavy atom. The van der Waals surface area contributed by atoms with Gasteiger partial charge in [0.05, 0.1) is 16.5 Å². The lowest BCUT2D eigenvalue weighted by atomic mass is 9.95. The van der Waals surface area contributed by atoms with Gasteiger partial charge in [-0.15, -0.1) is 0 Å². The number of likely N-dealkylation sites (tertiary alicyclic amines) is 1. The van der Waals surface area contributed by atoms with E-state index in [1.54, 1.807) is 31.4 Å². The molecule has 1 amide bonds. The van der Waals surface area contributed by atoms with Gasteiger partial charge in [0.25, 0.3) is 17.4 Å². The number of aryl methyl sites for hydroxylation is 1. The van der Waals surface area contributed by atoms with Crippen molar-refractivity contribution in [2.45, 2.75) is 19.4 Å². The zero-order chi connectivity index (χ0) is 21.8. The Hall–Kier alpha value is -3.52. The third-order valence-corrected chi connectivity index (χ3v) is 5.03. The smallest absolute Gasteiger partial charge is 0.295 e. The van der Waals surface area contributed by atoms with Crippen LogP contribution in [0.25, 0.3) is 5.76 Å². The number of methoxy groups -OCH3 is 1. The molecule has 0 unspecified atom stereocenters. The van der Waals surface area contributed by atoms with Gasteiger partial charge in [-0.05, 0) is 31.0 Å². The molecule has 1 aliphatic rings. The van der Waals surface area contributed by atoms with Gasteiger partial charge in [0.1, 0.15) is 5.76 Å². The highest BCUT2D eigenvalue weighted by atomic mass is 16.6. The van der Waals surface area contributed by atoms with Crippen molar-refractivity contribution in [3.05, 3.63) is 80.9 Å². The minimum atomic E-state index is -0.844. The maximum atomic E-state index is 12.8. The van der Waals surface area contributed by atoms with Crippen molar-refractivity contribution in [3.8, 4) is 0 Å². The molecule has 1 N–H and O–H groups in total. The maximum Gasteiger partial charge on any atom is 0.295 e. The molecule has 30 heavy (non-hydrogen) atoms. The molecule has 1 heterocycles. The normalized spacial score (nSPS) is 18.1. The number of aliphatic hydroxyl groups excluding tert-OH is 1. The van der Waals surface area contributed by atoms with Crippen LogP contribution in [0.1, 0.15) is 29.2 Å². The van der Waals surface area contributed by atoms with Gasteiger partial charge in [-0.3, -0.25) is 19.7 Å². The Kier molecular flexibility index (Phi) is 6.27. The van der Waals surface area contributed by atoms with Crippen LogP contribution >= 0.6 is 0 Å². The number of benzene rings is 2. The first-order chi connectivity index (χ1) is 14.3. The van der Waals surface area contributed by atoms with Crippen LogP contribution in [0.4, 0.5) is 5.69 Å². The first-order valence-electron chi connectivity index (χ1n) is 9.44. The standard InChI is InChI=1S/C22H22N2O6/c1-14-4-6-16(7-5-14)20(25)18-19(15-8-10-17(11-9-15)24(28)29)23(12-3-13-30-2)22(27)21(18)26/h4-11,19,25H,3,12-13H2,1-2H3/t19-/m1/s1. The molecule has 0 saturated carbocycles. The van der Waals surface area contributed by atoms with E-state index >= 15 is 0 Å². The molecule has 1 aliphatic heterocycles. The van der Waals surface area contributed by atoms with Crippen LogP contribution in [0.15, 0.2) is 54.1 Å². The quantitative estimate of drug-likeness (QED) is 0.187. The second-order valence-electron chi connectivity index (χ2n) is 7.05. The fourth-order valence-corrected chi connectivity index (χ4v) is 3.48. The van der Waals surface area contributed by atoms with Gasteiger partial charge in [-0.2, -0.15) is 0 Å². The van der Waals surface area contributed by atoms with E-state index in [1.165, 1.54) is 29.2 Å². The first-order valence-corrected chi connectivity index (χ1v) is 9.44. The van der Waals surface area contributed by atoms with Gasteiger partial charge in [-0.1, -0.05) is 29.8 Å². The number of aliphatic hydroxyl groups is 1. The molecule has 8 heteroatoms. The van der Waals surface area contributed by atoms with Crippen LogP contribution in [-0.2, 0) is 14.3 Å². The summed E-state index contributed by atoms with van der Waals surface area (Å²) in [5, 5.41) is 21.9. The van der Waals surface area contributed by atoms with Crippen molar-refractivity contribution in [1.82, 2.24) is 4.90 Å². The molecule has 1 saturated heterocycles. The van der Waals surface area contributed by atoms with Crippen molar-refractivity contribution < 1.29 is 24.4 Å². The molecule has 0 radical (unpaired) electrons. The third-order valence-electron chi connectivity index (χ3n) is 5.03. The fourth-order valence-electron chi connectivity index (χ4n) is 3.48. The van der Waals surface area contributed by atoms with E-state index in [-0.39, 0.29) is 23.6 Å². The van der Waals surface area contributed by atoms with E-state index in [2.05, 4.69) is 0 Å². The number of nitrogens with zero attached hydrogens (tertiary/aromatic N) is 2. The number of nitro groups is 1. The van der Waals surface area contributed by atoms with Crippen molar-refractivity contribution in [2.24, 2.45) is 0 Å². The van der Waals surface area contributed by atoms with E-state index in [1.807, 2.05) is 6.92 Å². The van der Waals surface area contributed by atoms with Gasteiger partial charge in [-0.25, -0.2) is 0 Å². The van der Waals surface area contributed by atoms with Crippen molar-refractivity contribution >= 4 is 23.1 Å². The van der Waals surface area contributed by atoms with Crippen LogP contribution in [0.5, 0.6) is 0 Å². The summed E-state index contributed by atoms with van der Waals surface area (Å²) in [6.45, 7) is 2.54. The zero-order valence-corrected chi connectivity index (χ0v) is 16.7. The number of nitro benzene ring substituents is 1. The van der Waals surface area contributed by atoms with Gasteiger partial charge < -0.3 is 14.7 Å². The number of Topliss-reactive ketones (excluding diaryl/α,β-unsaturated/α-hetero) is 1. The predicted molar refractivity (Wildman–Crippen MR) is 110 cm³/mol. The second-order valence-corrected chi connectivity index (χ2v) is 7.05. The summed E-state index contributed by atoms with van der Waals surface area (Å²) in [5.41, 5.74) is 1.77. The van der Waals surface area contributed by atoms with E-state index < -0.39 is 22.7 Å². The van der Waals surface area contributed by atoms with Crippen LogP contribution in [0.2, 0.25) is 0 Å². The molecule has 0 aromatic heterocycles. The summed E-state index contributed by atoms with van der Waals surface area (Å²) in [7, 11) is 1.54. The summed E-state index contributed by atoms with van der Waals surface area (Å²) in [6.07, 6.45) is 0.498. The minimum absolute atomic E-state index is 0.0323. The number of ketones is 1. The first kappa shape index (κ1) is 21.2. The van der Waals surface area contributed by atoms with Crippen LogP contribution in [0.3, 0.4) is 0 Å². The molecule has 8 nitrogen and oxygen atoms in total. The topological polar surface area (TPSA) is 110 Å². The largest absolute Gasteiger partial charge is 0.507 e. The number of carbonyl (C=O) groups excluding carboxylic acids is 2. The van der Waals surface area contributed by atoms with Crippen LogP contribution in [-0.4, -0.2) is 46.9 Å². The molecule has 0 aliphatic carbocycles. The van der Waals surface area contributed by atoms with Gasteiger partial charge in [0.2, 0.25) is 0 Å². The summed E-state index contributed by atoms with van der Waals surface area (Å²) >= 11 is 0. The maximum absolute atomic E-state index is 12.8. The van der Waals surface area contributed by atoms with Crippen molar-refractivity contribution in [3.63, 3.8) is 0 Å². The average molecular weight is 410 g/mol. The summed E-state index contributed by atoms with van der Waals surface area (Å²) in [6, 6.07) is 11.7. The lowest BCUT2D eigenvalue weighted by molar-refractivity contribution is -0.384. The molecule has 2 aromatic rings. The van der Waals surface area contributed by atoms with E-state index in [4.69, 9.17) is 4.74 Å². The monoisotopic (exact) mass is 410 g/mol. The van der Waals surface area contributed by atoms with Gasteiger partial charge in [0.15, 0.2) is 0 Å². The summed E-state index contributed by atoms with van der Waals surface area (Å²) in [4.78, 5) is 37.4. The lowest BCUT2D eigenvalue weighted by Crippen LogP contribution is -2.31. The minimum Gasteiger partial charge on any atom is -0.507 e. The Morgan fingerprint density at radius 3 is 2.33 bits per heavy atom. The second kappa shape index (κ2) is 8.87. The number of non-ortho nitro benzene ring substituents is 1. The highest BCUT2D eigenvalue weighted by Gasteiger charge is 2.45. The van der Waals surface area contributed by atoms with Crippen LogP contribution in [0, 0.1) is 17.0 Å². The molecule has 2 aromatic carbocycles. The highest BCUT2D eigenvalue weighted by molar-refractivity contribution is 6.46. The molecule has 0 spiro atoms. The van der Waals surface area contributed by atoms with E-state index in [9.17, 15) is 24.8 Å². The fraction of sp³-hybridized carbons (Fsp3) is 0.273. The average Bonchev–Trinajstić information content (AvgIpc) is 2.99. The molecule has 0 bridgehead atoms. The number of hydrogen-bond acceptors (Lipinski definition) is 6. The molecule has 1 atom stereocenters. The summed E-state index contributed by atoms with van der Waals surface area (Å²) < 4.78 is 5.04. The Morgan fingerprint density at radius 2 is 1.77 bits per heavy atom. The predicted octanol–water partition coefficient (Wildman–Crippen LogP) is 3.36. The van der Waals surface area contributed by atoms with Crippen molar-refractivity contribution in [1.29, 1.82) is 0 Å². The molecule has 156 valence electrons. The van der Waals surface area contributed by atoms with Crippen molar-refractivity contribution in [2.75, 3.05) is 20.3 Å². The zero-order valence-electron chi connectivity index (χ0n) is 16.7. The van der Waals surface area contributed by atoms with Gasteiger partial charge in [0, 0.05) is 38.0 Å². The Labute approximate surface area is 173 Å². The number of rotatable bonds is 7. The lowest BCUT2D eigenvalue weighted by Gasteiger charge is -2.25. The number of carbonyl (C=O) groups is 2. The Balaban J connectivity index is 2.11. The molecule has 1 fully saturated rings. The van der Waals surface area contributed by atoms with Crippen LogP contribution < -0.4 is 0 Å². The third kappa shape index (κ3) is 4.08. The SMILES string of the molecule is COCCCN1C(=O)C(=O)C(=C(O)c2ccc(C)cc2)[C@H]1c1ccc([N+](=O)[O-])cc1. The van der Waals surface area contributed by atoms with E-state index in [0.29, 0.717) is 24.2 Å². The number of hydrogen-bond donors (Lipinski definition) is 1. The number of amides is 1. The highest BCUT2D eigenvalue weighted by Crippen LogP contribution is 2.39. The summed E-state index contributed by atoms with van der Waals surface area (Å²) in [5.74, 6) is -1.78.